The number of sulfone groups is 1. The summed E-state index contributed by atoms with van der Waals surface area (Å²) in [7, 11) is -4.18. The topological polar surface area (TPSA) is 60.4 Å². The van der Waals surface area contributed by atoms with Crippen molar-refractivity contribution < 1.29 is 22.3 Å². The van der Waals surface area contributed by atoms with Crippen LogP contribution in [-0.2, 0) is 19.4 Å². The first kappa shape index (κ1) is 16.1. The Kier molecular flexibility index (Phi) is 5.64. The van der Waals surface area contributed by atoms with Crippen molar-refractivity contribution in [3.63, 3.8) is 0 Å². The van der Waals surface area contributed by atoms with E-state index in [-0.39, 0.29) is 17.1 Å². The molecule has 0 fully saturated rings. The van der Waals surface area contributed by atoms with E-state index in [2.05, 4.69) is 4.74 Å². The van der Waals surface area contributed by atoms with Crippen LogP contribution < -0.4 is 0 Å². The van der Waals surface area contributed by atoms with Gasteiger partial charge in [0.25, 0.3) is 0 Å². The quantitative estimate of drug-likeness (QED) is 0.476. The Bertz CT molecular complexity index is 630. The number of halogens is 1. The molecule has 0 spiro atoms. The molecule has 108 valence electrons. The highest BCUT2D eigenvalue weighted by atomic mass is 32.2. The van der Waals surface area contributed by atoms with Gasteiger partial charge in [0, 0.05) is 6.08 Å². The Morgan fingerprint density at radius 3 is 2.40 bits per heavy atom. The van der Waals surface area contributed by atoms with Gasteiger partial charge in [0.05, 0.1) is 11.5 Å². The van der Waals surface area contributed by atoms with Gasteiger partial charge in [-0.1, -0.05) is 18.2 Å². The highest BCUT2D eigenvalue weighted by Gasteiger charge is 2.20. The molecule has 0 aromatic heterocycles. The number of carbonyl (C=O) groups is 1. The fraction of sp³-hybridized carbons (Fsp3) is 0.214. The normalized spacial score (nSPS) is 13.2. The van der Waals surface area contributed by atoms with E-state index in [0.29, 0.717) is 0 Å². The van der Waals surface area contributed by atoms with Crippen molar-refractivity contribution in [1.82, 2.24) is 0 Å². The summed E-state index contributed by atoms with van der Waals surface area (Å²) in [5.74, 6) is -0.647. The molecule has 4 nitrogen and oxygen atoms in total. The smallest absolute Gasteiger partial charge is 0.331 e. The number of allylic oxidation sites excluding steroid dienone is 2. The molecule has 0 atom stereocenters. The minimum atomic E-state index is -4.18. The number of hydrogen-bond donors (Lipinski definition) is 0. The van der Waals surface area contributed by atoms with E-state index < -0.39 is 21.0 Å². The molecule has 0 bridgehead atoms. The van der Waals surface area contributed by atoms with Crippen LogP contribution in [0.2, 0.25) is 0 Å². The van der Waals surface area contributed by atoms with E-state index in [1.165, 1.54) is 31.2 Å². The highest BCUT2D eigenvalue weighted by Crippen LogP contribution is 2.21. The van der Waals surface area contributed by atoms with Crippen LogP contribution in [0.4, 0.5) is 4.39 Å². The summed E-state index contributed by atoms with van der Waals surface area (Å²) in [6, 6.07) is 7.23. The predicted molar refractivity (Wildman–Crippen MR) is 73.2 cm³/mol. The van der Waals surface area contributed by atoms with Crippen LogP contribution in [-0.4, -0.2) is 21.0 Å². The summed E-state index contributed by atoms with van der Waals surface area (Å²) in [5, 5.41) is -1.32. The highest BCUT2D eigenvalue weighted by molar-refractivity contribution is 7.95. The Hall–Kier alpha value is -1.95. The maximum atomic E-state index is 13.8. The fourth-order valence-corrected chi connectivity index (χ4v) is 2.46. The van der Waals surface area contributed by atoms with Crippen LogP contribution in [0.25, 0.3) is 0 Å². The van der Waals surface area contributed by atoms with Crippen molar-refractivity contribution in [3.05, 3.63) is 53.2 Å². The van der Waals surface area contributed by atoms with Crippen molar-refractivity contribution in [1.29, 1.82) is 0 Å². The lowest BCUT2D eigenvalue weighted by atomic mass is 10.3. The zero-order valence-electron chi connectivity index (χ0n) is 11.2. The van der Waals surface area contributed by atoms with Gasteiger partial charge in [0.1, 0.15) is 0 Å². The van der Waals surface area contributed by atoms with Crippen molar-refractivity contribution in [2.45, 2.75) is 18.7 Å². The van der Waals surface area contributed by atoms with Crippen molar-refractivity contribution in [3.8, 4) is 0 Å². The van der Waals surface area contributed by atoms with Gasteiger partial charge in [-0.05, 0) is 37.6 Å². The van der Waals surface area contributed by atoms with E-state index in [1.807, 2.05) is 0 Å². The van der Waals surface area contributed by atoms with E-state index in [9.17, 15) is 17.6 Å². The Morgan fingerprint density at radius 2 is 1.85 bits per heavy atom. The molecule has 1 aromatic carbocycles. The molecule has 0 radical (unpaired) electrons. The Labute approximate surface area is 117 Å². The van der Waals surface area contributed by atoms with Crippen LogP contribution in [0.15, 0.2) is 58.1 Å². The summed E-state index contributed by atoms with van der Waals surface area (Å²) in [5.41, 5.74) is 0.153. The predicted octanol–water partition coefficient (Wildman–Crippen LogP) is 2.78. The second-order valence-corrected chi connectivity index (χ2v) is 5.77. The molecule has 1 rings (SSSR count). The van der Waals surface area contributed by atoms with Crippen molar-refractivity contribution in [2.24, 2.45) is 0 Å². The summed E-state index contributed by atoms with van der Waals surface area (Å²) >= 11 is 0. The molecule has 0 N–H and O–H groups in total. The SMILES string of the molecule is CCOC(=O)/C=C(C)/C=C(\F)S(=O)(=O)c1ccccc1. The molecule has 0 aliphatic carbocycles. The van der Waals surface area contributed by atoms with Gasteiger partial charge < -0.3 is 4.74 Å². The van der Waals surface area contributed by atoms with Crippen molar-refractivity contribution >= 4 is 15.8 Å². The first-order valence-electron chi connectivity index (χ1n) is 5.90. The maximum absolute atomic E-state index is 13.8. The number of benzene rings is 1. The fourth-order valence-electron chi connectivity index (χ4n) is 1.38. The third-order valence-electron chi connectivity index (χ3n) is 2.28. The minimum absolute atomic E-state index is 0.141. The zero-order valence-corrected chi connectivity index (χ0v) is 12.0. The second-order valence-electron chi connectivity index (χ2n) is 3.91. The molecule has 1 aromatic rings. The van der Waals surface area contributed by atoms with Gasteiger partial charge in [0.2, 0.25) is 15.0 Å². The summed E-state index contributed by atoms with van der Waals surface area (Å²) in [6.45, 7) is 3.24. The summed E-state index contributed by atoms with van der Waals surface area (Å²) in [4.78, 5) is 11.0. The monoisotopic (exact) mass is 298 g/mol. The number of hydrogen-bond acceptors (Lipinski definition) is 4. The van der Waals surface area contributed by atoms with E-state index in [4.69, 9.17) is 0 Å². The minimum Gasteiger partial charge on any atom is -0.463 e. The molecule has 0 saturated heterocycles. The Balaban J connectivity index is 3.02. The van der Waals surface area contributed by atoms with Gasteiger partial charge in [-0.15, -0.1) is 0 Å². The third-order valence-corrected chi connectivity index (χ3v) is 3.81. The molecule has 6 heteroatoms. The lowest BCUT2D eigenvalue weighted by molar-refractivity contribution is -0.137. The molecule has 0 unspecified atom stereocenters. The maximum Gasteiger partial charge on any atom is 0.331 e. The van der Waals surface area contributed by atoms with Crippen LogP contribution in [0.1, 0.15) is 13.8 Å². The van der Waals surface area contributed by atoms with E-state index in [1.54, 1.807) is 13.0 Å². The van der Waals surface area contributed by atoms with Crippen LogP contribution in [0.3, 0.4) is 0 Å². The van der Waals surface area contributed by atoms with Gasteiger partial charge >= 0.3 is 5.97 Å². The number of ether oxygens (including phenoxy) is 1. The lowest BCUT2D eigenvalue weighted by Gasteiger charge is -2.02. The average molecular weight is 298 g/mol. The molecule has 0 heterocycles. The first-order valence-corrected chi connectivity index (χ1v) is 7.38. The first-order chi connectivity index (χ1) is 9.37. The van der Waals surface area contributed by atoms with Gasteiger partial charge in [-0.3, -0.25) is 0 Å². The molecule has 0 aliphatic heterocycles. The molecule has 0 aliphatic rings. The summed E-state index contributed by atoms with van der Waals surface area (Å²) in [6.07, 6.45) is 1.82. The van der Waals surface area contributed by atoms with Gasteiger partial charge in [0.15, 0.2) is 0 Å². The van der Waals surface area contributed by atoms with Crippen LogP contribution in [0, 0.1) is 0 Å². The molecule has 0 saturated carbocycles. The number of rotatable bonds is 5. The second kappa shape index (κ2) is 7.00. The Morgan fingerprint density at radius 1 is 1.25 bits per heavy atom. The molecular formula is C14H15FO4S. The van der Waals surface area contributed by atoms with Crippen LogP contribution >= 0.6 is 0 Å². The standard InChI is InChI=1S/C14H15FO4S/c1-3-19-14(16)10-11(2)9-13(15)20(17,18)12-7-5-4-6-8-12/h4-10H,3H2,1-2H3/b11-10+,13-9+. The molecule has 20 heavy (non-hydrogen) atoms. The summed E-state index contributed by atoms with van der Waals surface area (Å²) < 4.78 is 42.3. The van der Waals surface area contributed by atoms with Gasteiger partial charge in [-0.25, -0.2) is 13.2 Å². The van der Waals surface area contributed by atoms with Crippen LogP contribution in [0.5, 0.6) is 0 Å². The molecular weight excluding hydrogens is 283 g/mol. The van der Waals surface area contributed by atoms with Gasteiger partial charge in [-0.2, -0.15) is 4.39 Å². The van der Waals surface area contributed by atoms with Crippen molar-refractivity contribution in [2.75, 3.05) is 6.61 Å². The van der Waals surface area contributed by atoms with E-state index >= 15 is 0 Å². The van der Waals surface area contributed by atoms with E-state index in [0.717, 1.165) is 12.2 Å². The molecule has 0 amide bonds. The third kappa shape index (κ3) is 4.31. The number of esters is 1. The zero-order chi connectivity index (χ0) is 15.2. The average Bonchev–Trinajstić information content (AvgIpc) is 2.39. The largest absolute Gasteiger partial charge is 0.463 e. The lowest BCUT2D eigenvalue weighted by Crippen LogP contribution is -2.02. The number of carbonyl (C=O) groups excluding carboxylic acids is 1.